The van der Waals surface area contributed by atoms with Crippen LogP contribution in [-0.2, 0) is 11.3 Å². The van der Waals surface area contributed by atoms with Crippen LogP contribution in [0.5, 0.6) is 0 Å². The van der Waals surface area contributed by atoms with E-state index in [2.05, 4.69) is 10.5 Å². The quantitative estimate of drug-likeness (QED) is 0.340. The second-order valence-electron chi connectivity index (χ2n) is 5.24. The monoisotopic (exact) mass is 275 g/mol. The van der Waals surface area contributed by atoms with Crippen LogP contribution in [0.2, 0.25) is 0 Å². The molecule has 1 aromatic rings. The second-order valence-corrected chi connectivity index (χ2v) is 5.24. The number of hydrogen-bond donors (Lipinski definition) is 3. The lowest BCUT2D eigenvalue weighted by atomic mass is 9.88. The van der Waals surface area contributed by atoms with Gasteiger partial charge >= 0.3 is 0 Å². The van der Waals surface area contributed by atoms with Crippen LogP contribution in [0.15, 0.2) is 29.4 Å². The summed E-state index contributed by atoms with van der Waals surface area (Å²) in [5, 5.41) is 14.6. The average Bonchev–Trinajstić information content (AvgIpc) is 2.53. The Morgan fingerprint density at radius 1 is 1.35 bits per heavy atom. The molecule has 0 heterocycles. The highest BCUT2D eigenvalue weighted by Gasteiger charge is 2.20. The molecule has 1 fully saturated rings. The minimum atomic E-state index is 0.0745. The van der Waals surface area contributed by atoms with Gasteiger partial charge in [0.2, 0.25) is 5.91 Å². The molecule has 0 unspecified atom stereocenters. The molecule has 0 aliphatic heterocycles. The number of amidine groups is 1. The lowest BCUT2D eigenvalue weighted by Gasteiger charge is -2.20. The minimum absolute atomic E-state index is 0.0745. The number of nitrogens with one attached hydrogen (secondary N) is 1. The van der Waals surface area contributed by atoms with Crippen LogP contribution in [0.3, 0.4) is 0 Å². The Morgan fingerprint density at radius 3 is 2.80 bits per heavy atom. The maximum Gasteiger partial charge on any atom is 0.223 e. The van der Waals surface area contributed by atoms with E-state index in [4.69, 9.17) is 10.9 Å². The van der Waals surface area contributed by atoms with E-state index < -0.39 is 0 Å². The summed E-state index contributed by atoms with van der Waals surface area (Å²) in [6, 6.07) is 7.32. The number of hydrogen-bond acceptors (Lipinski definition) is 3. The molecule has 0 radical (unpaired) electrons. The molecular formula is C15H21N3O2. The van der Waals surface area contributed by atoms with Crippen molar-refractivity contribution in [3.05, 3.63) is 35.4 Å². The van der Waals surface area contributed by atoms with Gasteiger partial charge in [0.25, 0.3) is 0 Å². The molecule has 1 saturated carbocycles. The van der Waals surface area contributed by atoms with Gasteiger partial charge in [0, 0.05) is 18.0 Å². The molecule has 0 aromatic heterocycles. The molecule has 1 aliphatic rings. The highest BCUT2D eigenvalue weighted by atomic mass is 16.4. The summed E-state index contributed by atoms with van der Waals surface area (Å²) in [4.78, 5) is 12.0. The van der Waals surface area contributed by atoms with Crippen LogP contribution in [0, 0.1) is 5.92 Å². The van der Waals surface area contributed by atoms with Crippen LogP contribution >= 0.6 is 0 Å². The van der Waals surface area contributed by atoms with Crippen molar-refractivity contribution in [2.45, 2.75) is 38.6 Å². The maximum atomic E-state index is 12.0. The first-order valence-corrected chi connectivity index (χ1v) is 7.05. The van der Waals surface area contributed by atoms with E-state index in [1.54, 1.807) is 6.07 Å². The normalized spacial score (nSPS) is 16.9. The number of carbonyl (C=O) groups is 1. The lowest BCUT2D eigenvalue weighted by Crippen LogP contribution is -2.31. The van der Waals surface area contributed by atoms with Gasteiger partial charge in [-0.1, -0.05) is 42.6 Å². The number of benzene rings is 1. The van der Waals surface area contributed by atoms with Gasteiger partial charge in [-0.25, -0.2) is 0 Å². The molecule has 0 bridgehead atoms. The second kappa shape index (κ2) is 6.93. The Hall–Kier alpha value is -2.04. The zero-order valence-corrected chi connectivity index (χ0v) is 11.5. The van der Waals surface area contributed by atoms with Crippen molar-refractivity contribution in [2.75, 3.05) is 0 Å². The van der Waals surface area contributed by atoms with E-state index in [1.165, 1.54) is 6.42 Å². The molecule has 108 valence electrons. The molecule has 5 nitrogen and oxygen atoms in total. The number of carbonyl (C=O) groups excluding carboxylic acids is 1. The fourth-order valence-electron chi connectivity index (χ4n) is 2.60. The van der Waals surface area contributed by atoms with E-state index in [0.717, 1.165) is 31.2 Å². The molecule has 2 rings (SSSR count). The van der Waals surface area contributed by atoms with Crippen molar-refractivity contribution in [3.63, 3.8) is 0 Å². The van der Waals surface area contributed by atoms with Gasteiger partial charge in [-0.15, -0.1) is 0 Å². The van der Waals surface area contributed by atoms with Gasteiger partial charge < -0.3 is 16.3 Å². The highest BCUT2D eigenvalue weighted by molar-refractivity contribution is 5.97. The van der Waals surface area contributed by atoms with E-state index >= 15 is 0 Å². The average molecular weight is 275 g/mol. The standard InChI is InChI=1S/C15H21N3O2/c16-14(18-20)13-8-4-5-11(9-13)10-17-15(19)12-6-2-1-3-7-12/h4-5,8-9,12,20H,1-3,6-7,10H2,(H2,16,18)(H,17,19). The van der Waals surface area contributed by atoms with Crippen LogP contribution in [0.25, 0.3) is 0 Å². The Kier molecular flexibility index (Phi) is 4.98. The number of amides is 1. The van der Waals surface area contributed by atoms with Gasteiger partial charge in [0.1, 0.15) is 0 Å². The van der Waals surface area contributed by atoms with Crippen molar-refractivity contribution >= 4 is 11.7 Å². The molecule has 1 aromatic carbocycles. The first kappa shape index (κ1) is 14.4. The molecule has 0 atom stereocenters. The fourth-order valence-corrected chi connectivity index (χ4v) is 2.60. The summed E-state index contributed by atoms with van der Waals surface area (Å²) in [6.45, 7) is 0.474. The predicted octanol–water partition coefficient (Wildman–Crippen LogP) is 1.98. The van der Waals surface area contributed by atoms with Crippen molar-refractivity contribution < 1.29 is 10.0 Å². The van der Waals surface area contributed by atoms with E-state index in [9.17, 15) is 4.79 Å². The third-order valence-electron chi connectivity index (χ3n) is 3.77. The fraction of sp³-hybridized carbons (Fsp3) is 0.467. The minimum Gasteiger partial charge on any atom is -0.409 e. The van der Waals surface area contributed by atoms with Gasteiger partial charge in [-0.2, -0.15) is 0 Å². The molecule has 1 aliphatic carbocycles. The van der Waals surface area contributed by atoms with Gasteiger partial charge in [-0.05, 0) is 24.5 Å². The number of oxime groups is 1. The Labute approximate surface area is 118 Å². The zero-order chi connectivity index (χ0) is 14.4. The number of nitrogens with two attached hydrogens (primary N) is 1. The van der Waals surface area contributed by atoms with Gasteiger partial charge in [0.05, 0.1) is 0 Å². The summed E-state index contributed by atoms with van der Waals surface area (Å²) >= 11 is 0. The molecule has 0 spiro atoms. The summed E-state index contributed by atoms with van der Waals surface area (Å²) in [5.41, 5.74) is 7.14. The first-order chi connectivity index (χ1) is 9.70. The maximum absolute atomic E-state index is 12.0. The Morgan fingerprint density at radius 2 is 2.10 bits per heavy atom. The predicted molar refractivity (Wildman–Crippen MR) is 77.4 cm³/mol. The van der Waals surface area contributed by atoms with Crippen LogP contribution in [0.4, 0.5) is 0 Å². The third-order valence-corrected chi connectivity index (χ3v) is 3.77. The largest absolute Gasteiger partial charge is 0.409 e. The summed E-state index contributed by atoms with van der Waals surface area (Å²) in [6.07, 6.45) is 5.53. The van der Waals surface area contributed by atoms with Crippen molar-refractivity contribution in [1.82, 2.24) is 5.32 Å². The van der Waals surface area contributed by atoms with E-state index in [-0.39, 0.29) is 17.7 Å². The summed E-state index contributed by atoms with van der Waals surface area (Å²) in [7, 11) is 0. The van der Waals surface area contributed by atoms with E-state index in [0.29, 0.717) is 12.1 Å². The SMILES string of the molecule is NC(=NO)c1cccc(CNC(=O)C2CCCCC2)c1. The van der Waals surface area contributed by atoms with Crippen molar-refractivity contribution in [2.24, 2.45) is 16.8 Å². The lowest BCUT2D eigenvalue weighted by molar-refractivity contribution is -0.126. The smallest absolute Gasteiger partial charge is 0.223 e. The zero-order valence-electron chi connectivity index (χ0n) is 11.5. The first-order valence-electron chi connectivity index (χ1n) is 7.05. The highest BCUT2D eigenvalue weighted by Crippen LogP contribution is 2.23. The molecule has 5 heteroatoms. The van der Waals surface area contributed by atoms with Crippen LogP contribution in [-0.4, -0.2) is 17.0 Å². The summed E-state index contributed by atoms with van der Waals surface area (Å²) < 4.78 is 0. The molecular weight excluding hydrogens is 254 g/mol. The third kappa shape index (κ3) is 3.73. The van der Waals surface area contributed by atoms with Crippen molar-refractivity contribution in [3.8, 4) is 0 Å². The number of nitrogens with zero attached hydrogens (tertiary/aromatic N) is 1. The van der Waals surface area contributed by atoms with Gasteiger partial charge in [0.15, 0.2) is 5.84 Å². The Bertz CT molecular complexity index is 494. The van der Waals surface area contributed by atoms with E-state index in [1.807, 2.05) is 18.2 Å². The molecule has 0 saturated heterocycles. The van der Waals surface area contributed by atoms with Crippen molar-refractivity contribution in [1.29, 1.82) is 0 Å². The topological polar surface area (TPSA) is 87.7 Å². The van der Waals surface area contributed by atoms with Crippen LogP contribution < -0.4 is 11.1 Å². The molecule has 4 N–H and O–H groups in total. The Balaban J connectivity index is 1.91. The van der Waals surface area contributed by atoms with Crippen LogP contribution in [0.1, 0.15) is 43.2 Å². The van der Waals surface area contributed by atoms with Gasteiger partial charge in [-0.3, -0.25) is 4.79 Å². The number of rotatable bonds is 4. The summed E-state index contributed by atoms with van der Waals surface area (Å²) in [5.74, 6) is 0.375. The molecule has 20 heavy (non-hydrogen) atoms. The molecule has 1 amide bonds.